The number of aliphatic carboxylic acids is 1. The van der Waals surface area contributed by atoms with Crippen molar-refractivity contribution in [1.82, 2.24) is 9.97 Å². The topological polar surface area (TPSA) is 69.6 Å². The van der Waals surface area contributed by atoms with Gasteiger partial charge in [-0.05, 0) is 32.1 Å². The van der Waals surface area contributed by atoms with Crippen LogP contribution >= 0.6 is 0 Å². The monoisotopic (exact) mass is 384 g/mol. The van der Waals surface area contributed by atoms with Gasteiger partial charge in [0.1, 0.15) is 17.7 Å². The summed E-state index contributed by atoms with van der Waals surface area (Å²) in [5, 5.41) is 9.02. The van der Waals surface area contributed by atoms with E-state index in [2.05, 4.69) is 9.97 Å². The third-order valence-electron chi connectivity index (χ3n) is 5.93. The van der Waals surface area contributed by atoms with Gasteiger partial charge in [-0.25, -0.2) is 9.37 Å². The number of aromatic nitrogens is 2. The average molecular weight is 384 g/mol. The molecule has 0 amide bonds. The standard InChI is InChI=1S/C18H23F3N4O2/c1-10-13(19)9-25(10)17-22-15-12(3-2-5-18(15,20)21)16(23-17)24-6-4-11(8-24)7-14(26)27/h10-11,13H,2-9H2,1H3,(H,26,27). The van der Waals surface area contributed by atoms with Crippen molar-refractivity contribution in [2.75, 3.05) is 29.4 Å². The zero-order valence-corrected chi connectivity index (χ0v) is 15.2. The van der Waals surface area contributed by atoms with E-state index < -0.39 is 24.1 Å². The second-order valence-corrected chi connectivity index (χ2v) is 7.84. The van der Waals surface area contributed by atoms with Gasteiger partial charge in [0.15, 0.2) is 0 Å². The van der Waals surface area contributed by atoms with Crippen LogP contribution in [0.3, 0.4) is 0 Å². The first-order chi connectivity index (χ1) is 12.8. The minimum atomic E-state index is -3.02. The van der Waals surface area contributed by atoms with Crippen LogP contribution in [-0.4, -0.2) is 52.9 Å². The maximum atomic E-state index is 14.6. The van der Waals surface area contributed by atoms with Crippen LogP contribution in [0.25, 0.3) is 0 Å². The second-order valence-electron chi connectivity index (χ2n) is 7.84. The fourth-order valence-electron chi connectivity index (χ4n) is 4.26. The quantitative estimate of drug-likeness (QED) is 0.861. The molecule has 1 N–H and O–H groups in total. The summed E-state index contributed by atoms with van der Waals surface area (Å²) >= 11 is 0. The molecule has 1 aromatic rings. The molecule has 0 aromatic carbocycles. The Morgan fingerprint density at radius 2 is 2.11 bits per heavy atom. The van der Waals surface area contributed by atoms with E-state index in [0.29, 0.717) is 43.7 Å². The van der Waals surface area contributed by atoms with Gasteiger partial charge in [0.25, 0.3) is 5.92 Å². The first-order valence-electron chi connectivity index (χ1n) is 9.43. The summed E-state index contributed by atoms with van der Waals surface area (Å²) in [6.45, 7) is 2.84. The molecule has 1 aromatic heterocycles. The number of halogens is 3. The van der Waals surface area contributed by atoms with Crippen LogP contribution in [0.4, 0.5) is 24.9 Å². The highest BCUT2D eigenvalue weighted by atomic mass is 19.3. The maximum Gasteiger partial charge on any atom is 0.303 e. The molecule has 2 fully saturated rings. The normalized spacial score (nSPS) is 29.4. The van der Waals surface area contributed by atoms with Crippen molar-refractivity contribution in [3.63, 3.8) is 0 Å². The lowest BCUT2D eigenvalue weighted by atomic mass is 9.92. The fourth-order valence-corrected chi connectivity index (χ4v) is 4.26. The molecule has 4 rings (SSSR count). The molecule has 2 saturated heterocycles. The molecule has 9 heteroatoms. The predicted octanol–water partition coefficient (Wildman–Crippen LogP) is 2.75. The number of rotatable bonds is 4. The first kappa shape index (κ1) is 18.3. The summed E-state index contributed by atoms with van der Waals surface area (Å²) in [6, 6.07) is -0.438. The smallest absolute Gasteiger partial charge is 0.303 e. The van der Waals surface area contributed by atoms with Crippen molar-refractivity contribution in [2.45, 2.75) is 57.2 Å². The van der Waals surface area contributed by atoms with Crippen molar-refractivity contribution < 1.29 is 23.1 Å². The third kappa shape index (κ3) is 3.21. The SMILES string of the molecule is CC1C(F)CN1c1nc(N2CCC(CC(=O)O)C2)c2c(n1)C(F)(F)CCC2. The van der Waals surface area contributed by atoms with Crippen LogP contribution in [0, 0.1) is 5.92 Å². The Balaban J connectivity index is 1.71. The predicted molar refractivity (Wildman–Crippen MR) is 93.1 cm³/mol. The van der Waals surface area contributed by atoms with Crippen molar-refractivity contribution in [2.24, 2.45) is 5.92 Å². The summed E-state index contributed by atoms with van der Waals surface area (Å²) in [7, 11) is 0. The van der Waals surface area contributed by atoms with Gasteiger partial charge in [0.2, 0.25) is 5.95 Å². The van der Waals surface area contributed by atoms with E-state index in [4.69, 9.17) is 5.11 Å². The number of carbonyl (C=O) groups is 1. The van der Waals surface area contributed by atoms with Crippen molar-refractivity contribution >= 4 is 17.7 Å². The Kier molecular flexibility index (Phi) is 4.43. The van der Waals surface area contributed by atoms with Crippen LogP contribution < -0.4 is 9.80 Å². The van der Waals surface area contributed by atoms with Crippen molar-refractivity contribution in [3.05, 3.63) is 11.3 Å². The molecule has 1 aliphatic carbocycles. The summed E-state index contributed by atoms with van der Waals surface area (Å²) in [5.74, 6) is -3.30. The van der Waals surface area contributed by atoms with Gasteiger partial charge in [0, 0.05) is 31.5 Å². The van der Waals surface area contributed by atoms with Gasteiger partial charge in [0.05, 0.1) is 12.6 Å². The van der Waals surface area contributed by atoms with Gasteiger partial charge in [-0.1, -0.05) is 0 Å². The number of carboxylic acids is 1. The molecule has 3 unspecified atom stereocenters. The molecule has 0 saturated carbocycles. The van der Waals surface area contributed by atoms with Gasteiger partial charge < -0.3 is 14.9 Å². The molecule has 6 nitrogen and oxygen atoms in total. The zero-order valence-electron chi connectivity index (χ0n) is 15.2. The van der Waals surface area contributed by atoms with Crippen molar-refractivity contribution in [3.8, 4) is 0 Å². The van der Waals surface area contributed by atoms with Crippen molar-refractivity contribution in [1.29, 1.82) is 0 Å². The number of carboxylic acid groups (broad SMARTS) is 1. The van der Waals surface area contributed by atoms with Crippen LogP contribution in [0.2, 0.25) is 0 Å². The van der Waals surface area contributed by atoms with E-state index in [9.17, 15) is 18.0 Å². The minimum absolute atomic E-state index is 0.0289. The fraction of sp³-hybridized carbons (Fsp3) is 0.722. The molecule has 27 heavy (non-hydrogen) atoms. The first-order valence-corrected chi connectivity index (χ1v) is 9.43. The number of fused-ring (bicyclic) bond motifs is 1. The number of hydrogen-bond acceptors (Lipinski definition) is 5. The summed E-state index contributed by atoms with van der Waals surface area (Å²) in [5.41, 5.74) is 0.209. The minimum Gasteiger partial charge on any atom is -0.481 e. The summed E-state index contributed by atoms with van der Waals surface area (Å²) < 4.78 is 42.7. The number of anilines is 2. The lowest BCUT2D eigenvalue weighted by Crippen LogP contribution is -2.57. The van der Waals surface area contributed by atoms with E-state index in [-0.39, 0.29) is 36.9 Å². The van der Waals surface area contributed by atoms with Crippen LogP contribution in [-0.2, 0) is 17.1 Å². The molecule has 0 spiro atoms. The highest BCUT2D eigenvalue weighted by Gasteiger charge is 2.44. The molecular formula is C18H23F3N4O2. The Bertz CT molecular complexity index is 760. The summed E-state index contributed by atoms with van der Waals surface area (Å²) in [6.07, 6.45) is 0.304. The largest absolute Gasteiger partial charge is 0.481 e. The third-order valence-corrected chi connectivity index (χ3v) is 5.93. The Morgan fingerprint density at radius 3 is 2.78 bits per heavy atom. The van der Waals surface area contributed by atoms with Gasteiger partial charge in [-0.3, -0.25) is 4.79 Å². The Morgan fingerprint density at radius 1 is 1.33 bits per heavy atom. The average Bonchev–Trinajstić information content (AvgIpc) is 3.06. The molecular weight excluding hydrogens is 361 g/mol. The molecule has 3 aliphatic rings. The second kappa shape index (κ2) is 6.53. The number of alkyl halides is 3. The highest BCUT2D eigenvalue weighted by Crippen LogP contribution is 2.44. The highest BCUT2D eigenvalue weighted by molar-refractivity contribution is 5.67. The maximum absolute atomic E-state index is 14.6. The lowest BCUT2D eigenvalue weighted by molar-refractivity contribution is -0.137. The summed E-state index contributed by atoms with van der Waals surface area (Å²) in [4.78, 5) is 23.2. The Labute approximate surface area is 155 Å². The molecule has 3 atom stereocenters. The lowest BCUT2D eigenvalue weighted by Gasteiger charge is -2.42. The van der Waals surface area contributed by atoms with Crippen LogP contribution in [0.5, 0.6) is 0 Å². The Hall–Kier alpha value is -2.06. The molecule has 0 radical (unpaired) electrons. The van der Waals surface area contributed by atoms with Crippen LogP contribution in [0.15, 0.2) is 0 Å². The van der Waals surface area contributed by atoms with E-state index >= 15 is 0 Å². The molecule has 0 bridgehead atoms. The van der Waals surface area contributed by atoms with E-state index in [1.54, 1.807) is 11.8 Å². The van der Waals surface area contributed by atoms with Gasteiger partial charge in [-0.15, -0.1) is 0 Å². The number of nitrogens with zero attached hydrogens (tertiary/aromatic N) is 4. The number of hydrogen-bond donors (Lipinski definition) is 1. The molecule has 3 heterocycles. The van der Waals surface area contributed by atoms with E-state index in [1.807, 2.05) is 4.90 Å². The zero-order chi connectivity index (χ0) is 19.3. The van der Waals surface area contributed by atoms with Gasteiger partial charge in [-0.2, -0.15) is 13.8 Å². The van der Waals surface area contributed by atoms with E-state index in [1.165, 1.54) is 0 Å². The molecule has 2 aliphatic heterocycles. The van der Waals surface area contributed by atoms with Crippen LogP contribution in [0.1, 0.15) is 43.9 Å². The van der Waals surface area contributed by atoms with Gasteiger partial charge >= 0.3 is 5.97 Å². The van der Waals surface area contributed by atoms with E-state index in [0.717, 1.165) is 0 Å². The molecule has 148 valence electrons.